The fraction of sp³-hybridized carbons (Fsp3) is 0.0556. The third-order valence-electron chi connectivity index (χ3n) is 3.31. The van der Waals surface area contributed by atoms with Gasteiger partial charge in [0.2, 0.25) is 0 Å². The van der Waals surface area contributed by atoms with Crippen LogP contribution in [-0.2, 0) is 6.54 Å². The molecule has 3 rings (SSSR count). The maximum atomic E-state index is 12.7. The molecule has 0 fully saturated rings. The SMILES string of the molecule is Cl.NN(Cc1ccc(Cl)nc1)c1ccc(F)cc1.NNc1ccc(F)cc1. The van der Waals surface area contributed by atoms with Crippen LogP contribution >= 0.6 is 24.0 Å². The number of hydrazine groups is 2. The summed E-state index contributed by atoms with van der Waals surface area (Å²) in [6, 6.07) is 15.4. The number of rotatable bonds is 4. The van der Waals surface area contributed by atoms with Crippen molar-refractivity contribution in [2.24, 2.45) is 11.7 Å². The summed E-state index contributed by atoms with van der Waals surface area (Å²) in [5.41, 5.74) is 4.76. The fourth-order valence-corrected chi connectivity index (χ4v) is 2.08. The number of hydrogen-bond acceptors (Lipinski definition) is 5. The van der Waals surface area contributed by atoms with Gasteiger partial charge in [-0.05, 0) is 60.2 Å². The Kier molecular flexibility index (Phi) is 9.46. The number of nitrogens with two attached hydrogens (primary N) is 2. The van der Waals surface area contributed by atoms with Crippen molar-refractivity contribution >= 4 is 35.4 Å². The van der Waals surface area contributed by atoms with Crippen LogP contribution in [0.3, 0.4) is 0 Å². The van der Waals surface area contributed by atoms with E-state index in [-0.39, 0.29) is 24.0 Å². The van der Waals surface area contributed by atoms with E-state index in [1.807, 2.05) is 6.07 Å². The topological polar surface area (TPSA) is 80.2 Å². The van der Waals surface area contributed by atoms with Gasteiger partial charge in [-0.1, -0.05) is 17.7 Å². The molecule has 1 aromatic heterocycles. The number of aromatic nitrogens is 1. The van der Waals surface area contributed by atoms with Crippen LogP contribution in [0, 0.1) is 11.6 Å². The molecule has 27 heavy (non-hydrogen) atoms. The molecular formula is C18H19Cl2F2N5. The molecule has 3 aromatic rings. The third-order valence-corrected chi connectivity index (χ3v) is 3.53. The quantitative estimate of drug-likeness (QED) is 0.337. The van der Waals surface area contributed by atoms with E-state index in [4.69, 9.17) is 23.3 Å². The van der Waals surface area contributed by atoms with E-state index >= 15 is 0 Å². The number of nitrogens with one attached hydrogen (secondary N) is 1. The van der Waals surface area contributed by atoms with Gasteiger partial charge in [-0.3, -0.25) is 5.84 Å². The molecule has 9 heteroatoms. The Bertz CT molecular complexity index is 799. The van der Waals surface area contributed by atoms with Crippen LogP contribution < -0.4 is 22.1 Å². The van der Waals surface area contributed by atoms with Gasteiger partial charge < -0.3 is 10.4 Å². The predicted octanol–water partition coefficient (Wildman–Crippen LogP) is 4.29. The van der Waals surface area contributed by atoms with Gasteiger partial charge in [-0.15, -0.1) is 12.4 Å². The van der Waals surface area contributed by atoms with Gasteiger partial charge >= 0.3 is 0 Å². The predicted molar refractivity (Wildman–Crippen MR) is 107 cm³/mol. The van der Waals surface area contributed by atoms with Gasteiger partial charge in [-0.25, -0.2) is 19.6 Å². The molecule has 144 valence electrons. The lowest BCUT2D eigenvalue weighted by Gasteiger charge is -2.18. The fourth-order valence-electron chi connectivity index (χ4n) is 1.97. The first-order valence-electron chi connectivity index (χ1n) is 7.58. The number of halogens is 4. The molecule has 5 nitrogen and oxygen atoms in total. The minimum atomic E-state index is -0.282. The van der Waals surface area contributed by atoms with E-state index in [0.29, 0.717) is 17.4 Å². The first kappa shape index (κ1) is 22.6. The molecule has 1 heterocycles. The van der Waals surface area contributed by atoms with Crippen molar-refractivity contribution in [1.29, 1.82) is 0 Å². The van der Waals surface area contributed by atoms with E-state index in [2.05, 4.69) is 10.4 Å². The summed E-state index contributed by atoms with van der Waals surface area (Å²) in [5, 5.41) is 1.96. The van der Waals surface area contributed by atoms with Crippen molar-refractivity contribution in [2.75, 3.05) is 10.4 Å². The summed E-state index contributed by atoms with van der Waals surface area (Å²) in [6.45, 7) is 0.482. The summed E-state index contributed by atoms with van der Waals surface area (Å²) in [7, 11) is 0. The molecular weight excluding hydrogens is 395 g/mol. The Labute approximate surface area is 167 Å². The van der Waals surface area contributed by atoms with Crippen LogP contribution in [0.5, 0.6) is 0 Å². The molecule has 0 aliphatic heterocycles. The van der Waals surface area contributed by atoms with Crippen molar-refractivity contribution in [3.63, 3.8) is 0 Å². The van der Waals surface area contributed by atoms with E-state index in [1.54, 1.807) is 36.5 Å². The van der Waals surface area contributed by atoms with Gasteiger partial charge in [0.15, 0.2) is 0 Å². The lowest BCUT2D eigenvalue weighted by molar-refractivity contribution is 0.627. The standard InChI is InChI=1S/C12H11ClFN3.C6H7FN2.ClH/c13-12-6-1-9(7-16-12)8-17(15)11-4-2-10(14)3-5-11;7-5-1-3-6(9-8)4-2-5;/h1-7H,8,15H2;1-4,9H,8H2;1H. The first-order chi connectivity index (χ1) is 12.5. The minimum absolute atomic E-state index is 0. The molecule has 0 atom stereocenters. The van der Waals surface area contributed by atoms with E-state index in [0.717, 1.165) is 11.3 Å². The highest BCUT2D eigenvalue weighted by atomic mass is 35.5. The highest BCUT2D eigenvalue weighted by Crippen LogP contribution is 2.15. The third kappa shape index (κ3) is 7.76. The zero-order valence-electron chi connectivity index (χ0n) is 14.1. The molecule has 5 N–H and O–H groups in total. The lowest BCUT2D eigenvalue weighted by atomic mass is 10.2. The maximum absolute atomic E-state index is 12.7. The van der Waals surface area contributed by atoms with E-state index in [1.165, 1.54) is 29.3 Å². The number of anilines is 2. The first-order valence-corrected chi connectivity index (χ1v) is 7.96. The van der Waals surface area contributed by atoms with Gasteiger partial charge in [-0.2, -0.15) is 0 Å². The summed E-state index contributed by atoms with van der Waals surface area (Å²) >= 11 is 5.69. The molecule has 0 unspecified atom stereocenters. The van der Waals surface area contributed by atoms with Crippen molar-refractivity contribution < 1.29 is 8.78 Å². The van der Waals surface area contributed by atoms with Crippen molar-refractivity contribution in [2.45, 2.75) is 6.54 Å². The lowest BCUT2D eigenvalue weighted by Crippen LogP contribution is -2.30. The smallest absolute Gasteiger partial charge is 0.129 e. The van der Waals surface area contributed by atoms with Crippen LogP contribution in [0.4, 0.5) is 20.2 Å². The summed E-state index contributed by atoms with van der Waals surface area (Å²) in [4.78, 5) is 3.96. The van der Waals surface area contributed by atoms with E-state index in [9.17, 15) is 8.78 Å². The van der Waals surface area contributed by atoms with Crippen LogP contribution in [0.2, 0.25) is 5.15 Å². The number of benzene rings is 2. The number of nitrogen functional groups attached to an aromatic ring is 1. The van der Waals surface area contributed by atoms with Crippen LogP contribution in [0.1, 0.15) is 5.56 Å². The summed E-state index contributed by atoms with van der Waals surface area (Å²) in [6.07, 6.45) is 1.66. The Hall–Kier alpha value is -2.45. The molecule has 0 radical (unpaired) electrons. The van der Waals surface area contributed by atoms with E-state index < -0.39 is 0 Å². The van der Waals surface area contributed by atoms with Crippen molar-refractivity contribution in [3.05, 3.63) is 89.2 Å². The average molecular weight is 414 g/mol. The Morgan fingerprint density at radius 2 is 1.48 bits per heavy atom. The van der Waals surface area contributed by atoms with Gasteiger partial charge in [0.25, 0.3) is 0 Å². The second-order valence-electron chi connectivity index (χ2n) is 5.24. The molecule has 0 saturated heterocycles. The average Bonchev–Trinajstić information content (AvgIpc) is 2.65. The Morgan fingerprint density at radius 1 is 0.926 bits per heavy atom. The monoisotopic (exact) mass is 413 g/mol. The van der Waals surface area contributed by atoms with Crippen LogP contribution in [-0.4, -0.2) is 4.98 Å². The van der Waals surface area contributed by atoms with Gasteiger partial charge in [0.1, 0.15) is 16.8 Å². The molecule has 0 spiro atoms. The summed E-state index contributed by atoms with van der Waals surface area (Å²) in [5.74, 6) is 10.4. The second-order valence-corrected chi connectivity index (χ2v) is 5.63. The number of pyridine rings is 1. The van der Waals surface area contributed by atoms with Gasteiger partial charge in [0, 0.05) is 11.9 Å². The zero-order valence-corrected chi connectivity index (χ0v) is 15.7. The molecule has 2 aromatic carbocycles. The summed E-state index contributed by atoms with van der Waals surface area (Å²) < 4.78 is 24.9. The second kappa shape index (κ2) is 11.3. The normalized spacial score (nSPS) is 9.52. The Morgan fingerprint density at radius 3 is 1.96 bits per heavy atom. The highest BCUT2D eigenvalue weighted by Gasteiger charge is 2.03. The van der Waals surface area contributed by atoms with Gasteiger partial charge in [0.05, 0.1) is 12.2 Å². The largest absolute Gasteiger partial charge is 0.324 e. The van der Waals surface area contributed by atoms with Crippen LogP contribution in [0.15, 0.2) is 66.9 Å². The van der Waals surface area contributed by atoms with Crippen molar-refractivity contribution in [1.82, 2.24) is 4.98 Å². The number of nitrogens with zero attached hydrogens (tertiary/aromatic N) is 2. The van der Waals surface area contributed by atoms with Crippen LogP contribution in [0.25, 0.3) is 0 Å². The maximum Gasteiger partial charge on any atom is 0.129 e. The van der Waals surface area contributed by atoms with Crippen molar-refractivity contribution in [3.8, 4) is 0 Å². The molecule has 0 bridgehead atoms. The molecule has 0 saturated carbocycles. The Balaban J connectivity index is 0.000000310. The minimum Gasteiger partial charge on any atom is -0.324 e. The zero-order chi connectivity index (χ0) is 18.9. The highest BCUT2D eigenvalue weighted by molar-refractivity contribution is 6.29. The molecule has 0 amide bonds. The molecule has 0 aliphatic rings. The number of hydrogen-bond donors (Lipinski definition) is 3. The molecule has 0 aliphatic carbocycles.